The number of likely N-dealkylation sites (tertiary alicyclic amines) is 1. The van der Waals surface area contributed by atoms with Crippen molar-refractivity contribution in [3.05, 3.63) is 0 Å². The van der Waals surface area contributed by atoms with Crippen LogP contribution in [0, 0.1) is 11.8 Å². The molecule has 6 heteroatoms. The first-order valence-electron chi connectivity index (χ1n) is 8.78. The lowest BCUT2D eigenvalue weighted by Crippen LogP contribution is -2.54. The van der Waals surface area contributed by atoms with Crippen LogP contribution in [0.15, 0.2) is 0 Å². The fourth-order valence-electron chi connectivity index (χ4n) is 3.10. The molecule has 2 heterocycles. The van der Waals surface area contributed by atoms with E-state index < -0.39 is 0 Å². The quantitative estimate of drug-likeness (QED) is 0.801. The van der Waals surface area contributed by atoms with Crippen LogP contribution >= 0.6 is 11.8 Å². The van der Waals surface area contributed by atoms with Crippen LogP contribution in [0.25, 0.3) is 0 Å². The number of amides is 2. The molecule has 0 aromatic carbocycles. The first-order valence-corrected chi connectivity index (χ1v) is 9.77. The highest BCUT2D eigenvalue weighted by molar-refractivity contribution is 8.01. The standard InChI is InChI=1S/C17H31N3O2S/c1-12(2)9-15(21)20-7-5-17(6-8-20)19-14(11-23-17)16(22)18-10-13(3)4/h12-14,19H,5-11H2,1-4H3,(H,18,22). The number of nitrogens with one attached hydrogen (secondary N) is 2. The summed E-state index contributed by atoms with van der Waals surface area (Å²) in [6.07, 6.45) is 2.48. The number of carbonyl (C=O) groups excluding carboxylic acids is 2. The van der Waals surface area contributed by atoms with Gasteiger partial charge in [0.05, 0.1) is 10.9 Å². The van der Waals surface area contributed by atoms with Gasteiger partial charge in [0.1, 0.15) is 0 Å². The third kappa shape index (κ3) is 5.11. The van der Waals surface area contributed by atoms with Crippen LogP contribution in [0.2, 0.25) is 0 Å². The molecule has 2 aliphatic rings. The van der Waals surface area contributed by atoms with E-state index in [2.05, 4.69) is 38.3 Å². The molecule has 23 heavy (non-hydrogen) atoms. The third-order valence-electron chi connectivity index (χ3n) is 4.47. The lowest BCUT2D eigenvalue weighted by molar-refractivity contribution is -0.133. The smallest absolute Gasteiger partial charge is 0.238 e. The summed E-state index contributed by atoms with van der Waals surface area (Å²) in [6, 6.07) is -0.100. The molecule has 2 amide bonds. The van der Waals surface area contributed by atoms with Crippen LogP contribution in [-0.2, 0) is 9.59 Å². The Labute approximate surface area is 144 Å². The second-order valence-corrected chi connectivity index (χ2v) is 9.02. The van der Waals surface area contributed by atoms with E-state index in [4.69, 9.17) is 0 Å². The number of nitrogens with zero attached hydrogens (tertiary/aromatic N) is 1. The summed E-state index contributed by atoms with van der Waals surface area (Å²) in [5, 5.41) is 6.56. The lowest BCUT2D eigenvalue weighted by Gasteiger charge is -2.39. The molecule has 0 aromatic rings. The summed E-state index contributed by atoms with van der Waals surface area (Å²) < 4.78 is 0. The molecular weight excluding hydrogens is 310 g/mol. The molecule has 0 aliphatic carbocycles. The van der Waals surface area contributed by atoms with Gasteiger partial charge in [-0.15, -0.1) is 11.8 Å². The van der Waals surface area contributed by atoms with Crippen LogP contribution < -0.4 is 10.6 Å². The number of carbonyl (C=O) groups is 2. The number of hydrogen-bond donors (Lipinski definition) is 2. The van der Waals surface area contributed by atoms with E-state index in [-0.39, 0.29) is 22.7 Å². The van der Waals surface area contributed by atoms with Crippen molar-refractivity contribution in [3.8, 4) is 0 Å². The van der Waals surface area contributed by atoms with Crippen LogP contribution in [0.1, 0.15) is 47.0 Å². The second kappa shape index (κ2) is 7.88. The largest absolute Gasteiger partial charge is 0.354 e. The Bertz CT molecular complexity index is 432. The van der Waals surface area contributed by atoms with Crippen molar-refractivity contribution in [3.63, 3.8) is 0 Å². The molecule has 1 unspecified atom stereocenters. The topological polar surface area (TPSA) is 61.4 Å². The van der Waals surface area contributed by atoms with Gasteiger partial charge in [0, 0.05) is 31.8 Å². The van der Waals surface area contributed by atoms with Gasteiger partial charge in [-0.1, -0.05) is 27.7 Å². The van der Waals surface area contributed by atoms with E-state index in [1.807, 2.05) is 16.7 Å². The molecule has 0 saturated carbocycles. The first kappa shape index (κ1) is 18.6. The molecule has 5 nitrogen and oxygen atoms in total. The van der Waals surface area contributed by atoms with Gasteiger partial charge in [0.15, 0.2) is 0 Å². The number of piperidine rings is 1. The lowest BCUT2D eigenvalue weighted by atomic mass is 10.0. The highest BCUT2D eigenvalue weighted by Crippen LogP contribution is 2.39. The average Bonchev–Trinajstić information content (AvgIpc) is 2.88. The van der Waals surface area contributed by atoms with Crippen molar-refractivity contribution in [1.29, 1.82) is 0 Å². The van der Waals surface area contributed by atoms with Gasteiger partial charge in [-0.25, -0.2) is 0 Å². The van der Waals surface area contributed by atoms with Gasteiger partial charge in [-0.05, 0) is 24.7 Å². The van der Waals surface area contributed by atoms with Crippen molar-refractivity contribution in [2.45, 2.75) is 57.9 Å². The van der Waals surface area contributed by atoms with Crippen molar-refractivity contribution in [1.82, 2.24) is 15.5 Å². The summed E-state index contributed by atoms with van der Waals surface area (Å²) in [5.41, 5.74) is 0. The Morgan fingerprint density at radius 1 is 1.22 bits per heavy atom. The van der Waals surface area contributed by atoms with Crippen LogP contribution in [0.3, 0.4) is 0 Å². The minimum Gasteiger partial charge on any atom is -0.354 e. The maximum absolute atomic E-state index is 12.2. The van der Waals surface area contributed by atoms with Crippen LogP contribution in [0.5, 0.6) is 0 Å². The zero-order chi connectivity index (χ0) is 17.0. The SMILES string of the molecule is CC(C)CNC(=O)C1CSC2(CCN(C(=O)CC(C)C)CC2)N1. The van der Waals surface area contributed by atoms with E-state index in [1.165, 1.54) is 0 Å². The van der Waals surface area contributed by atoms with Crippen molar-refractivity contribution < 1.29 is 9.59 Å². The van der Waals surface area contributed by atoms with Gasteiger partial charge in [-0.3, -0.25) is 14.9 Å². The van der Waals surface area contributed by atoms with Gasteiger partial charge in [0.25, 0.3) is 0 Å². The molecular formula is C17H31N3O2S. The Morgan fingerprint density at radius 3 is 2.43 bits per heavy atom. The molecule has 0 radical (unpaired) electrons. The molecule has 1 atom stereocenters. The Kier molecular flexibility index (Phi) is 6.37. The predicted octanol–water partition coefficient (Wildman–Crippen LogP) is 1.83. The van der Waals surface area contributed by atoms with Gasteiger partial charge in [-0.2, -0.15) is 0 Å². The van der Waals surface area contributed by atoms with Crippen molar-refractivity contribution in [2.24, 2.45) is 11.8 Å². The molecule has 2 rings (SSSR count). The highest BCUT2D eigenvalue weighted by atomic mass is 32.2. The fourth-order valence-corrected chi connectivity index (χ4v) is 4.51. The minimum atomic E-state index is -0.100. The van der Waals surface area contributed by atoms with Gasteiger partial charge < -0.3 is 10.2 Å². The maximum Gasteiger partial charge on any atom is 0.238 e. The highest BCUT2D eigenvalue weighted by Gasteiger charge is 2.44. The van der Waals surface area contributed by atoms with Gasteiger partial charge >= 0.3 is 0 Å². The van der Waals surface area contributed by atoms with E-state index >= 15 is 0 Å². The molecule has 2 N–H and O–H groups in total. The summed E-state index contributed by atoms with van der Waals surface area (Å²) >= 11 is 1.85. The monoisotopic (exact) mass is 341 g/mol. The van der Waals surface area contributed by atoms with E-state index in [1.54, 1.807) is 0 Å². The molecule has 132 valence electrons. The Morgan fingerprint density at radius 2 is 1.87 bits per heavy atom. The summed E-state index contributed by atoms with van der Waals surface area (Å²) in [7, 11) is 0. The Hall–Kier alpha value is -0.750. The second-order valence-electron chi connectivity index (χ2n) is 7.62. The number of hydrogen-bond acceptors (Lipinski definition) is 4. The molecule has 2 saturated heterocycles. The van der Waals surface area contributed by atoms with Crippen molar-refractivity contribution in [2.75, 3.05) is 25.4 Å². The predicted molar refractivity (Wildman–Crippen MR) is 95.2 cm³/mol. The maximum atomic E-state index is 12.2. The van der Waals surface area contributed by atoms with Crippen LogP contribution in [0.4, 0.5) is 0 Å². The van der Waals surface area contributed by atoms with E-state index in [9.17, 15) is 9.59 Å². The molecule has 2 aliphatic heterocycles. The first-order chi connectivity index (χ1) is 10.8. The molecule has 0 bridgehead atoms. The summed E-state index contributed by atoms with van der Waals surface area (Å²) in [4.78, 5) is 26.4. The molecule has 0 aromatic heterocycles. The zero-order valence-electron chi connectivity index (χ0n) is 14.9. The average molecular weight is 342 g/mol. The number of thioether (sulfide) groups is 1. The summed E-state index contributed by atoms with van der Waals surface area (Å²) in [5.74, 6) is 2.08. The Balaban J connectivity index is 1.80. The third-order valence-corrected chi connectivity index (χ3v) is 6.05. The zero-order valence-corrected chi connectivity index (χ0v) is 15.7. The normalized spacial score (nSPS) is 23.7. The number of rotatable bonds is 5. The molecule has 2 fully saturated rings. The van der Waals surface area contributed by atoms with E-state index in [0.29, 0.717) is 18.3 Å². The van der Waals surface area contributed by atoms with Gasteiger partial charge in [0.2, 0.25) is 11.8 Å². The fraction of sp³-hybridized carbons (Fsp3) is 0.882. The van der Waals surface area contributed by atoms with Crippen molar-refractivity contribution >= 4 is 23.6 Å². The minimum absolute atomic E-state index is 0.0194. The summed E-state index contributed by atoms with van der Waals surface area (Å²) in [6.45, 7) is 10.7. The molecule has 1 spiro atoms. The van der Waals surface area contributed by atoms with E-state index in [0.717, 1.165) is 38.2 Å². The van der Waals surface area contributed by atoms with Crippen LogP contribution in [-0.4, -0.2) is 53.0 Å².